The molecule has 1 aromatic rings. The Morgan fingerprint density at radius 2 is 2.17 bits per heavy atom. The van der Waals surface area contributed by atoms with E-state index < -0.39 is 0 Å². The van der Waals surface area contributed by atoms with E-state index in [2.05, 4.69) is 22.5 Å². The summed E-state index contributed by atoms with van der Waals surface area (Å²) >= 11 is 0. The Balaban J connectivity index is 1.99. The summed E-state index contributed by atoms with van der Waals surface area (Å²) in [5.74, 6) is 0.125. The third kappa shape index (κ3) is 7.01. The molecule has 1 heterocycles. The number of nitrogens with one attached hydrogen (secondary N) is 2. The van der Waals surface area contributed by atoms with E-state index in [4.69, 9.17) is 0 Å². The summed E-state index contributed by atoms with van der Waals surface area (Å²) in [6.07, 6.45) is 5.74. The van der Waals surface area contributed by atoms with Gasteiger partial charge >= 0.3 is 0 Å². The zero-order valence-corrected chi connectivity index (χ0v) is 11.1. The number of aromatic nitrogens is 1. The first-order valence-electron chi connectivity index (χ1n) is 6.70. The van der Waals surface area contributed by atoms with Gasteiger partial charge in [-0.3, -0.25) is 9.78 Å². The van der Waals surface area contributed by atoms with E-state index in [1.165, 1.54) is 12.8 Å². The minimum atomic E-state index is 0.125. The summed E-state index contributed by atoms with van der Waals surface area (Å²) in [5.41, 5.74) is 1.00. The lowest BCUT2D eigenvalue weighted by Crippen LogP contribution is -2.28. The average Bonchev–Trinajstić information content (AvgIpc) is 2.41. The Bertz CT molecular complexity index is 327. The van der Waals surface area contributed by atoms with Crippen LogP contribution in [0.2, 0.25) is 0 Å². The minimum Gasteiger partial charge on any atom is -0.356 e. The largest absolute Gasteiger partial charge is 0.356 e. The van der Waals surface area contributed by atoms with Crippen LogP contribution in [0.4, 0.5) is 0 Å². The zero-order valence-electron chi connectivity index (χ0n) is 11.1. The summed E-state index contributed by atoms with van der Waals surface area (Å²) in [6.45, 7) is 4.36. The highest BCUT2D eigenvalue weighted by Gasteiger charge is 1.99. The van der Waals surface area contributed by atoms with E-state index in [0.717, 1.165) is 18.7 Å². The first kappa shape index (κ1) is 14.6. The maximum atomic E-state index is 11.5. The average molecular weight is 249 g/mol. The molecule has 0 radical (unpaired) electrons. The number of carbonyl (C=O) groups excluding carboxylic acids is 1. The number of rotatable bonds is 9. The monoisotopic (exact) mass is 249 g/mol. The molecule has 0 atom stereocenters. The van der Waals surface area contributed by atoms with Gasteiger partial charge in [0, 0.05) is 32.3 Å². The molecule has 100 valence electrons. The molecular weight excluding hydrogens is 226 g/mol. The minimum absolute atomic E-state index is 0.125. The Hall–Kier alpha value is -1.42. The molecule has 1 aromatic heterocycles. The fourth-order valence-electron chi connectivity index (χ4n) is 1.61. The maximum absolute atomic E-state index is 11.5. The van der Waals surface area contributed by atoms with Gasteiger partial charge in [-0.2, -0.15) is 0 Å². The van der Waals surface area contributed by atoms with Crippen LogP contribution in [0.5, 0.6) is 0 Å². The highest BCUT2D eigenvalue weighted by Crippen LogP contribution is 1.93. The van der Waals surface area contributed by atoms with Crippen molar-refractivity contribution >= 4 is 5.91 Å². The Morgan fingerprint density at radius 3 is 2.89 bits per heavy atom. The van der Waals surface area contributed by atoms with E-state index in [1.54, 1.807) is 6.20 Å². The number of unbranched alkanes of at least 4 members (excludes halogenated alkanes) is 2. The number of hydrogen-bond acceptors (Lipinski definition) is 3. The molecule has 1 rings (SSSR count). The Labute approximate surface area is 109 Å². The van der Waals surface area contributed by atoms with Gasteiger partial charge in [-0.05, 0) is 18.6 Å². The van der Waals surface area contributed by atoms with Gasteiger partial charge in [-0.25, -0.2) is 0 Å². The first-order valence-corrected chi connectivity index (χ1v) is 6.70. The van der Waals surface area contributed by atoms with E-state index >= 15 is 0 Å². The summed E-state index contributed by atoms with van der Waals surface area (Å²) in [6, 6.07) is 5.83. The molecule has 0 spiro atoms. The molecule has 0 unspecified atom stereocenters. The van der Waals surface area contributed by atoms with Crippen LogP contribution >= 0.6 is 0 Å². The number of pyridine rings is 1. The van der Waals surface area contributed by atoms with Gasteiger partial charge in [0.05, 0.1) is 5.69 Å². The summed E-state index contributed by atoms with van der Waals surface area (Å²) < 4.78 is 0. The Kier molecular flexibility index (Phi) is 7.80. The van der Waals surface area contributed by atoms with E-state index in [-0.39, 0.29) is 5.91 Å². The van der Waals surface area contributed by atoms with Gasteiger partial charge in [0.25, 0.3) is 0 Å². The highest BCUT2D eigenvalue weighted by molar-refractivity contribution is 5.75. The van der Waals surface area contributed by atoms with Gasteiger partial charge < -0.3 is 10.6 Å². The van der Waals surface area contributed by atoms with Crippen molar-refractivity contribution in [3.8, 4) is 0 Å². The quantitative estimate of drug-likeness (QED) is 0.657. The van der Waals surface area contributed by atoms with Gasteiger partial charge in [0.15, 0.2) is 0 Å². The maximum Gasteiger partial charge on any atom is 0.221 e. The second-order valence-corrected chi connectivity index (χ2v) is 4.30. The van der Waals surface area contributed by atoms with Crippen LogP contribution in [-0.2, 0) is 11.3 Å². The standard InChI is InChI=1S/C14H23N3O/c1-2-3-5-10-17-14(18)8-11-15-12-13-7-4-6-9-16-13/h4,6-7,9,15H,2-3,5,8,10-12H2,1H3,(H,17,18). The molecule has 0 saturated carbocycles. The number of hydrogen-bond donors (Lipinski definition) is 2. The van der Waals surface area contributed by atoms with Gasteiger partial charge in [-0.1, -0.05) is 25.8 Å². The van der Waals surface area contributed by atoms with Gasteiger partial charge in [0.1, 0.15) is 0 Å². The van der Waals surface area contributed by atoms with Crippen molar-refractivity contribution in [3.05, 3.63) is 30.1 Å². The van der Waals surface area contributed by atoms with Crippen LogP contribution in [0.15, 0.2) is 24.4 Å². The van der Waals surface area contributed by atoms with Gasteiger partial charge in [0.2, 0.25) is 5.91 Å². The van der Waals surface area contributed by atoms with E-state index in [1.807, 2.05) is 18.2 Å². The molecular formula is C14H23N3O. The van der Waals surface area contributed by atoms with Crippen molar-refractivity contribution in [2.45, 2.75) is 39.2 Å². The van der Waals surface area contributed by atoms with Crippen molar-refractivity contribution < 1.29 is 4.79 Å². The molecule has 0 fully saturated rings. The fourth-order valence-corrected chi connectivity index (χ4v) is 1.61. The molecule has 0 aromatic carbocycles. The lowest BCUT2D eigenvalue weighted by atomic mass is 10.2. The molecule has 2 N–H and O–H groups in total. The van der Waals surface area contributed by atoms with Crippen LogP contribution in [0.3, 0.4) is 0 Å². The van der Waals surface area contributed by atoms with Crippen LogP contribution in [-0.4, -0.2) is 24.0 Å². The lowest BCUT2D eigenvalue weighted by Gasteiger charge is -2.06. The predicted octanol–water partition coefficient (Wildman–Crippen LogP) is 1.87. The predicted molar refractivity (Wildman–Crippen MR) is 73.1 cm³/mol. The summed E-state index contributed by atoms with van der Waals surface area (Å²) in [7, 11) is 0. The molecule has 0 aliphatic carbocycles. The molecule has 1 amide bonds. The summed E-state index contributed by atoms with van der Waals surface area (Å²) in [5, 5.41) is 6.13. The lowest BCUT2D eigenvalue weighted by molar-refractivity contribution is -0.121. The molecule has 0 bridgehead atoms. The number of carbonyl (C=O) groups is 1. The molecule has 18 heavy (non-hydrogen) atoms. The SMILES string of the molecule is CCCCCNC(=O)CCNCc1ccccn1. The first-order chi connectivity index (χ1) is 8.83. The highest BCUT2D eigenvalue weighted by atomic mass is 16.1. The fraction of sp³-hybridized carbons (Fsp3) is 0.571. The number of amides is 1. The molecule has 0 saturated heterocycles. The van der Waals surface area contributed by atoms with Crippen LogP contribution < -0.4 is 10.6 Å². The normalized spacial score (nSPS) is 10.3. The van der Waals surface area contributed by atoms with Crippen LogP contribution in [0.25, 0.3) is 0 Å². The van der Waals surface area contributed by atoms with Gasteiger partial charge in [-0.15, -0.1) is 0 Å². The third-order valence-corrected chi connectivity index (χ3v) is 2.66. The second kappa shape index (κ2) is 9.59. The van der Waals surface area contributed by atoms with E-state index in [0.29, 0.717) is 19.5 Å². The van der Waals surface area contributed by atoms with E-state index in [9.17, 15) is 4.79 Å². The van der Waals surface area contributed by atoms with Crippen molar-refractivity contribution in [1.29, 1.82) is 0 Å². The summed E-state index contributed by atoms with van der Waals surface area (Å²) in [4.78, 5) is 15.7. The Morgan fingerprint density at radius 1 is 1.28 bits per heavy atom. The molecule has 4 nitrogen and oxygen atoms in total. The molecule has 0 aliphatic heterocycles. The second-order valence-electron chi connectivity index (χ2n) is 4.30. The molecule has 4 heteroatoms. The smallest absolute Gasteiger partial charge is 0.221 e. The van der Waals surface area contributed by atoms with Crippen molar-refractivity contribution in [1.82, 2.24) is 15.6 Å². The van der Waals surface area contributed by atoms with Crippen molar-refractivity contribution in [3.63, 3.8) is 0 Å². The molecule has 0 aliphatic rings. The zero-order chi connectivity index (χ0) is 13.1. The van der Waals surface area contributed by atoms with Crippen molar-refractivity contribution in [2.75, 3.05) is 13.1 Å². The van der Waals surface area contributed by atoms with Crippen LogP contribution in [0.1, 0.15) is 38.3 Å². The third-order valence-electron chi connectivity index (χ3n) is 2.66. The number of nitrogens with zero attached hydrogens (tertiary/aromatic N) is 1. The topological polar surface area (TPSA) is 54.0 Å². The van der Waals surface area contributed by atoms with Crippen molar-refractivity contribution in [2.24, 2.45) is 0 Å². The van der Waals surface area contributed by atoms with Crippen LogP contribution in [0, 0.1) is 0 Å².